The van der Waals surface area contributed by atoms with Crippen molar-refractivity contribution in [3.8, 4) is 0 Å². The van der Waals surface area contributed by atoms with Gasteiger partial charge in [-0.3, -0.25) is 0 Å². The zero-order valence-electron chi connectivity index (χ0n) is 11.0. The molecule has 0 amide bonds. The molecule has 1 fully saturated rings. The van der Waals surface area contributed by atoms with E-state index in [0.717, 1.165) is 17.2 Å². The maximum atomic E-state index is 5.77. The molecule has 0 saturated heterocycles. The number of aromatic nitrogens is 1. The molecule has 3 rings (SSSR count). The summed E-state index contributed by atoms with van der Waals surface area (Å²) in [5.41, 5.74) is 1.07. The fourth-order valence-electron chi connectivity index (χ4n) is 2.09. The van der Waals surface area contributed by atoms with Crippen molar-refractivity contribution in [2.24, 2.45) is 0 Å². The number of methoxy groups -OCH3 is 1. The molecule has 19 heavy (non-hydrogen) atoms. The Hall–Kier alpha value is -1.65. The van der Waals surface area contributed by atoms with E-state index in [4.69, 9.17) is 9.15 Å². The Kier molecular flexibility index (Phi) is 3.62. The molecule has 0 spiro atoms. The summed E-state index contributed by atoms with van der Waals surface area (Å²) in [5, 5.41) is 3.39. The van der Waals surface area contributed by atoms with Crippen LogP contribution in [0.5, 0.6) is 0 Å². The van der Waals surface area contributed by atoms with Gasteiger partial charge < -0.3 is 14.5 Å². The molecule has 1 N–H and O–H groups in total. The fourth-order valence-corrected chi connectivity index (χ4v) is 2.09. The first-order valence-electron chi connectivity index (χ1n) is 6.62. The third-order valence-electron chi connectivity index (χ3n) is 3.29. The lowest BCUT2D eigenvalue weighted by Crippen LogP contribution is -2.15. The number of hydrogen-bond donors (Lipinski definition) is 1. The Bertz CT molecular complexity index is 520. The lowest BCUT2D eigenvalue weighted by Gasteiger charge is -2.12. The highest BCUT2D eigenvalue weighted by Crippen LogP contribution is 2.26. The van der Waals surface area contributed by atoms with E-state index in [1.807, 2.05) is 30.3 Å². The van der Waals surface area contributed by atoms with Crippen molar-refractivity contribution in [2.45, 2.75) is 31.5 Å². The molecular formula is C15H18N2O2. The Morgan fingerprint density at radius 3 is 2.84 bits per heavy atom. The van der Waals surface area contributed by atoms with Gasteiger partial charge in [-0.2, -0.15) is 0 Å². The van der Waals surface area contributed by atoms with Gasteiger partial charge in [0.2, 0.25) is 5.89 Å². The topological polar surface area (TPSA) is 47.3 Å². The van der Waals surface area contributed by atoms with Crippen molar-refractivity contribution in [3.05, 3.63) is 53.7 Å². The lowest BCUT2D eigenvalue weighted by atomic mass is 10.1. The zero-order chi connectivity index (χ0) is 13.1. The van der Waals surface area contributed by atoms with Gasteiger partial charge in [-0.15, -0.1) is 0 Å². The predicted octanol–water partition coefficient (Wildman–Crippen LogP) is 2.66. The average Bonchev–Trinajstić information content (AvgIpc) is 3.17. The number of benzene rings is 1. The molecule has 1 aromatic carbocycles. The van der Waals surface area contributed by atoms with Crippen molar-refractivity contribution >= 4 is 0 Å². The number of oxazole rings is 1. The zero-order valence-corrected chi connectivity index (χ0v) is 11.0. The van der Waals surface area contributed by atoms with Crippen LogP contribution in [0.1, 0.15) is 36.2 Å². The number of hydrogen-bond acceptors (Lipinski definition) is 4. The summed E-state index contributed by atoms with van der Waals surface area (Å²) in [6.45, 7) is 0.690. The number of rotatable bonds is 6. The quantitative estimate of drug-likeness (QED) is 0.865. The molecule has 1 unspecified atom stereocenters. The first-order valence-corrected chi connectivity index (χ1v) is 6.62. The number of nitrogens with zero attached hydrogens (tertiary/aromatic N) is 1. The Balaban J connectivity index is 1.72. The number of nitrogens with one attached hydrogen (secondary N) is 1. The monoisotopic (exact) mass is 258 g/mol. The summed E-state index contributed by atoms with van der Waals surface area (Å²) < 4.78 is 11.3. The van der Waals surface area contributed by atoms with Gasteiger partial charge in [0.15, 0.2) is 5.76 Å². The van der Waals surface area contributed by atoms with Crippen LogP contribution >= 0.6 is 0 Å². The smallest absolute Gasteiger partial charge is 0.208 e. The largest absolute Gasteiger partial charge is 0.441 e. The summed E-state index contributed by atoms with van der Waals surface area (Å²) in [4.78, 5) is 4.30. The maximum Gasteiger partial charge on any atom is 0.208 e. The molecule has 0 bridgehead atoms. The molecule has 1 saturated carbocycles. The van der Waals surface area contributed by atoms with Gasteiger partial charge in [0.25, 0.3) is 0 Å². The fraction of sp³-hybridized carbons (Fsp3) is 0.400. The second-order valence-corrected chi connectivity index (χ2v) is 4.84. The van der Waals surface area contributed by atoms with Crippen molar-refractivity contribution in [1.29, 1.82) is 0 Å². The lowest BCUT2D eigenvalue weighted by molar-refractivity contribution is 0.115. The van der Waals surface area contributed by atoms with E-state index in [9.17, 15) is 0 Å². The van der Waals surface area contributed by atoms with E-state index in [0.29, 0.717) is 12.6 Å². The standard InChI is InChI=1S/C15H18N2O2/c1-18-15(11-5-3-2-4-6-11)13-9-17-14(19-13)10-16-12-7-8-12/h2-6,9,12,15-16H,7-8,10H2,1H3. The normalized spacial score (nSPS) is 16.5. The van der Waals surface area contributed by atoms with Crippen molar-refractivity contribution in [2.75, 3.05) is 7.11 Å². The van der Waals surface area contributed by atoms with Crippen molar-refractivity contribution in [1.82, 2.24) is 10.3 Å². The molecule has 1 heterocycles. The molecule has 4 heteroatoms. The van der Waals surface area contributed by atoms with Crippen LogP contribution in [-0.2, 0) is 11.3 Å². The highest BCUT2D eigenvalue weighted by Gasteiger charge is 2.22. The Labute approximate surface area is 112 Å². The molecule has 1 atom stereocenters. The molecule has 2 aromatic rings. The predicted molar refractivity (Wildman–Crippen MR) is 71.7 cm³/mol. The van der Waals surface area contributed by atoms with E-state index < -0.39 is 0 Å². The van der Waals surface area contributed by atoms with Crippen LogP contribution in [0.2, 0.25) is 0 Å². The molecule has 1 aliphatic carbocycles. The van der Waals surface area contributed by atoms with E-state index in [-0.39, 0.29) is 6.10 Å². The summed E-state index contributed by atoms with van der Waals surface area (Å²) in [7, 11) is 1.68. The van der Waals surface area contributed by atoms with Gasteiger partial charge in [0, 0.05) is 13.2 Å². The van der Waals surface area contributed by atoms with Gasteiger partial charge in [-0.1, -0.05) is 30.3 Å². The molecule has 1 aliphatic rings. The Morgan fingerprint density at radius 1 is 1.37 bits per heavy atom. The molecule has 0 radical (unpaired) electrons. The summed E-state index contributed by atoms with van der Waals surface area (Å²) in [6.07, 6.45) is 4.09. The van der Waals surface area contributed by atoms with Crippen LogP contribution in [0.3, 0.4) is 0 Å². The molecule has 100 valence electrons. The van der Waals surface area contributed by atoms with Crippen LogP contribution in [0.4, 0.5) is 0 Å². The second-order valence-electron chi connectivity index (χ2n) is 4.84. The van der Waals surface area contributed by atoms with Crippen LogP contribution in [0.25, 0.3) is 0 Å². The number of ether oxygens (including phenoxy) is 1. The average molecular weight is 258 g/mol. The van der Waals surface area contributed by atoms with E-state index in [1.165, 1.54) is 12.8 Å². The van der Waals surface area contributed by atoms with Gasteiger partial charge in [0.05, 0.1) is 12.7 Å². The first-order chi connectivity index (χ1) is 9.36. The van der Waals surface area contributed by atoms with Crippen molar-refractivity contribution < 1.29 is 9.15 Å². The van der Waals surface area contributed by atoms with Crippen LogP contribution in [0.15, 0.2) is 40.9 Å². The Morgan fingerprint density at radius 2 is 2.16 bits per heavy atom. The first kappa shape index (κ1) is 12.4. The van der Waals surface area contributed by atoms with Crippen LogP contribution in [-0.4, -0.2) is 18.1 Å². The van der Waals surface area contributed by atoms with E-state index >= 15 is 0 Å². The minimum Gasteiger partial charge on any atom is -0.441 e. The maximum absolute atomic E-state index is 5.77. The molecular weight excluding hydrogens is 240 g/mol. The third kappa shape index (κ3) is 3.03. The third-order valence-corrected chi connectivity index (χ3v) is 3.29. The molecule has 4 nitrogen and oxygen atoms in total. The second kappa shape index (κ2) is 5.55. The van der Waals surface area contributed by atoms with E-state index in [1.54, 1.807) is 13.3 Å². The van der Waals surface area contributed by atoms with Gasteiger partial charge in [0.1, 0.15) is 6.10 Å². The van der Waals surface area contributed by atoms with Gasteiger partial charge in [-0.05, 0) is 18.4 Å². The van der Waals surface area contributed by atoms with Gasteiger partial charge in [-0.25, -0.2) is 4.98 Å². The SMILES string of the molecule is COC(c1ccccc1)c1cnc(CNC2CC2)o1. The highest BCUT2D eigenvalue weighted by molar-refractivity contribution is 5.23. The van der Waals surface area contributed by atoms with Gasteiger partial charge >= 0.3 is 0 Å². The minimum atomic E-state index is -0.191. The summed E-state index contributed by atoms with van der Waals surface area (Å²) in [5.74, 6) is 1.47. The minimum absolute atomic E-state index is 0.191. The van der Waals surface area contributed by atoms with Crippen LogP contribution < -0.4 is 5.32 Å². The highest BCUT2D eigenvalue weighted by atomic mass is 16.5. The van der Waals surface area contributed by atoms with E-state index in [2.05, 4.69) is 10.3 Å². The van der Waals surface area contributed by atoms with Crippen molar-refractivity contribution in [3.63, 3.8) is 0 Å². The molecule has 0 aliphatic heterocycles. The summed E-state index contributed by atoms with van der Waals surface area (Å²) >= 11 is 0. The van der Waals surface area contributed by atoms with Crippen LogP contribution in [0, 0.1) is 0 Å². The summed E-state index contributed by atoms with van der Waals surface area (Å²) in [6, 6.07) is 10.7. The molecule has 1 aromatic heterocycles.